The molecule has 0 amide bonds. The maximum atomic E-state index is 14.7. The van der Waals surface area contributed by atoms with Gasteiger partial charge in [-0.05, 0) is 73.5 Å². The molecule has 6 heterocycles. The minimum atomic E-state index is -2.07. The van der Waals surface area contributed by atoms with Crippen LogP contribution in [0.1, 0.15) is 79.1 Å². The quantitative estimate of drug-likeness (QED) is 0.0816. The Morgan fingerprint density at radius 3 is 1.70 bits per heavy atom. The van der Waals surface area contributed by atoms with Crippen molar-refractivity contribution in [3.05, 3.63) is 0 Å². The average Bonchev–Trinajstić information content (AvgIpc) is 4.10. The van der Waals surface area contributed by atoms with Crippen molar-refractivity contribution in [2.24, 2.45) is 52.3 Å². The molecule has 0 radical (unpaired) electrons. The Bertz CT molecular complexity index is 1990. The van der Waals surface area contributed by atoms with Crippen molar-refractivity contribution >= 4 is 5.78 Å². The number of ether oxygens (including phenoxy) is 10. The Kier molecular flexibility index (Phi) is 16.9. The van der Waals surface area contributed by atoms with Gasteiger partial charge in [-0.25, -0.2) is 0 Å². The van der Waals surface area contributed by atoms with Crippen molar-refractivity contribution in [3.8, 4) is 0 Å². The van der Waals surface area contributed by atoms with E-state index < -0.39 is 178 Å². The van der Waals surface area contributed by atoms with Crippen LogP contribution in [0.3, 0.4) is 0 Å². The van der Waals surface area contributed by atoms with E-state index in [1.807, 2.05) is 0 Å². The predicted octanol–water partition coefficient (Wildman–Crippen LogP) is -4.76. The normalized spacial score (nSPS) is 57.4. The molecule has 4 aliphatic carbocycles. The lowest BCUT2D eigenvalue weighted by molar-refractivity contribution is -0.407. The first-order valence-electron chi connectivity index (χ1n) is 27.4. The van der Waals surface area contributed by atoms with Gasteiger partial charge in [0.15, 0.2) is 30.9 Å². The number of hydrogen-bond acceptors (Lipinski definition) is 25. The third-order valence-electron chi connectivity index (χ3n) is 20.3. The van der Waals surface area contributed by atoms with E-state index in [0.717, 1.165) is 32.1 Å². The molecule has 0 aromatic rings. The third kappa shape index (κ3) is 9.57. The lowest BCUT2D eigenvalue weighted by atomic mass is 9.43. The van der Waals surface area contributed by atoms with Crippen molar-refractivity contribution in [3.63, 3.8) is 0 Å². The molecule has 10 aliphatic rings. The summed E-state index contributed by atoms with van der Waals surface area (Å²) in [6.45, 7) is 5.73. The summed E-state index contributed by atoms with van der Waals surface area (Å²) >= 11 is 0. The van der Waals surface area contributed by atoms with Crippen LogP contribution in [-0.4, -0.2) is 257 Å². The maximum Gasteiger partial charge on any atom is 0.187 e. The first-order chi connectivity index (χ1) is 36.0. The Labute approximate surface area is 439 Å². The minimum absolute atomic E-state index is 0.00147. The van der Waals surface area contributed by atoms with Crippen molar-refractivity contribution in [2.75, 3.05) is 33.0 Å². The van der Waals surface area contributed by atoms with Crippen LogP contribution >= 0.6 is 0 Å². The summed E-state index contributed by atoms with van der Waals surface area (Å²) < 4.78 is 60.9. The monoisotopic (exact) mass is 1090 g/mol. The summed E-state index contributed by atoms with van der Waals surface area (Å²) in [6.07, 6.45) is -33.9. The topological polar surface area (TPSA) is 393 Å². The average molecular weight is 1100 g/mol. The van der Waals surface area contributed by atoms with Gasteiger partial charge < -0.3 is 119 Å². The van der Waals surface area contributed by atoms with E-state index in [1.54, 1.807) is 0 Å². The molecule has 0 unspecified atom stereocenters. The molecule has 10 fully saturated rings. The summed E-state index contributed by atoms with van der Waals surface area (Å²) in [5, 5.41) is 152. The van der Waals surface area contributed by atoms with Crippen molar-refractivity contribution < 1.29 is 124 Å². The lowest BCUT2D eigenvalue weighted by Gasteiger charge is -2.61. The fraction of sp³-hybridized carbons (Fsp3) is 0.980. The van der Waals surface area contributed by atoms with E-state index in [2.05, 4.69) is 27.7 Å². The smallest absolute Gasteiger partial charge is 0.187 e. The first kappa shape index (κ1) is 57.9. The molecule has 10 rings (SSSR count). The summed E-state index contributed by atoms with van der Waals surface area (Å²) in [6, 6.07) is 0. The molecule has 25 heteroatoms. The van der Waals surface area contributed by atoms with Crippen molar-refractivity contribution in [2.45, 2.75) is 226 Å². The fourth-order valence-electron chi connectivity index (χ4n) is 15.9. The highest BCUT2D eigenvalue weighted by Gasteiger charge is 2.72. The summed E-state index contributed by atoms with van der Waals surface area (Å²) in [5.74, 6) is 0.507. The summed E-state index contributed by atoms with van der Waals surface area (Å²) in [7, 11) is 0. The number of rotatable bonds is 12. The Morgan fingerprint density at radius 1 is 0.566 bits per heavy atom. The second-order valence-electron chi connectivity index (χ2n) is 24.3. The molecule has 0 bridgehead atoms. The molecule has 0 aromatic carbocycles. The second kappa shape index (κ2) is 22.1. The number of carbonyl (C=O) groups is 1. The van der Waals surface area contributed by atoms with Gasteiger partial charge in [-0.3, -0.25) is 4.79 Å². The molecular formula is C51H82O25. The zero-order valence-corrected chi connectivity index (χ0v) is 43.3. The molecule has 0 aromatic heterocycles. The van der Waals surface area contributed by atoms with E-state index in [9.17, 15) is 76.3 Å². The highest BCUT2D eigenvalue weighted by atomic mass is 16.8. The molecule has 1 spiro atoms. The van der Waals surface area contributed by atoms with Gasteiger partial charge in [0.2, 0.25) is 0 Å². The number of Topliss-reactive ketones (excluding diaryl/α,β-unsaturated/α-hetero) is 1. The summed E-state index contributed by atoms with van der Waals surface area (Å²) in [4.78, 5) is 14.7. The van der Waals surface area contributed by atoms with Gasteiger partial charge in [0.1, 0.15) is 103 Å². The zero-order chi connectivity index (χ0) is 54.7. The zero-order valence-electron chi connectivity index (χ0n) is 43.3. The number of aliphatic hydroxyl groups is 14. The molecule has 4 saturated carbocycles. The number of hydrogen-bond donors (Lipinski definition) is 14. The van der Waals surface area contributed by atoms with Gasteiger partial charge in [-0.15, -0.1) is 0 Å². The molecule has 14 N–H and O–H groups in total. The second-order valence-corrected chi connectivity index (χ2v) is 24.3. The van der Waals surface area contributed by atoms with Gasteiger partial charge in [0.25, 0.3) is 0 Å². The predicted molar refractivity (Wildman–Crippen MR) is 250 cm³/mol. The van der Waals surface area contributed by atoms with Crippen molar-refractivity contribution in [1.29, 1.82) is 0 Å². The van der Waals surface area contributed by atoms with Gasteiger partial charge in [0.05, 0.1) is 51.3 Å². The van der Waals surface area contributed by atoms with Crippen LogP contribution in [0.5, 0.6) is 0 Å². The largest absolute Gasteiger partial charge is 0.394 e. The van der Waals surface area contributed by atoms with Crippen LogP contribution in [0, 0.1) is 52.3 Å². The number of fused-ring (bicyclic) bond motifs is 7. The van der Waals surface area contributed by atoms with E-state index in [0.29, 0.717) is 25.4 Å². The highest BCUT2D eigenvalue weighted by Crippen LogP contribution is 2.70. The molecule has 76 heavy (non-hydrogen) atoms. The highest BCUT2D eigenvalue weighted by molar-refractivity contribution is 5.87. The Hall–Kier alpha value is -1.29. The van der Waals surface area contributed by atoms with Gasteiger partial charge in [-0.2, -0.15) is 0 Å². The minimum Gasteiger partial charge on any atom is -0.394 e. The Balaban J connectivity index is 0.838. The molecule has 6 saturated heterocycles. The van der Waals surface area contributed by atoms with Crippen LogP contribution in [0.2, 0.25) is 0 Å². The maximum absolute atomic E-state index is 14.7. The van der Waals surface area contributed by atoms with Crippen LogP contribution in [0.4, 0.5) is 0 Å². The molecule has 25 nitrogen and oxygen atoms in total. The Morgan fingerprint density at radius 2 is 1.11 bits per heavy atom. The molecular weight excluding hydrogens is 1010 g/mol. The van der Waals surface area contributed by atoms with Crippen molar-refractivity contribution in [1.82, 2.24) is 0 Å². The van der Waals surface area contributed by atoms with E-state index in [4.69, 9.17) is 47.4 Å². The van der Waals surface area contributed by atoms with Crippen LogP contribution < -0.4 is 0 Å². The molecule has 33 atom stereocenters. The lowest BCUT2D eigenvalue weighted by Crippen LogP contribution is -2.69. The first-order valence-corrected chi connectivity index (χ1v) is 27.4. The van der Waals surface area contributed by atoms with Gasteiger partial charge in [-0.1, -0.05) is 27.7 Å². The number of carbonyl (C=O) groups excluding carboxylic acids is 1. The van der Waals surface area contributed by atoms with Crippen LogP contribution in [-0.2, 0) is 52.2 Å². The van der Waals surface area contributed by atoms with Crippen LogP contribution in [0.25, 0.3) is 0 Å². The third-order valence-corrected chi connectivity index (χ3v) is 20.3. The fourth-order valence-corrected chi connectivity index (χ4v) is 15.9. The van der Waals surface area contributed by atoms with E-state index in [-0.39, 0.29) is 53.8 Å². The number of aliphatic hydroxyl groups excluding tert-OH is 14. The molecule has 436 valence electrons. The van der Waals surface area contributed by atoms with Gasteiger partial charge in [0, 0.05) is 30.1 Å². The standard InChI is InChI=1S/C51H82O25/c1-18-7-8-51(67-17-18)19(2)32-26(76-51)10-23-21-6-5-20-9-25(24(56)12-49(20,3)22(21)11-31(57)50(23,32)4)68-45-41(66)38(63)42(30(16-55)72-45)73-48-44(75-47-40(65)37(62)34(59)28(14-53)70-47)43(35(60)29(15-54)71-48)74-46-39(64)36(61)33(58)27(13-52)69-46/h18-30,32-48,52-56,58-66H,5-17H2,1-4H3/t18-,19+,20+,21-,22+,23+,24-,25-,26+,27-,28-,29-,30-,32+,33-,34-,35-,36+,37+,38-,39-,40-,41-,42+,43+,44-,45-,46+,47+,48+,49+,50-,51-/m1/s1. The summed E-state index contributed by atoms with van der Waals surface area (Å²) in [5.41, 5.74) is -1.000. The van der Waals surface area contributed by atoms with Gasteiger partial charge >= 0.3 is 0 Å². The van der Waals surface area contributed by atoms with E-state index >= 15 is 0 Å². The SMILES string of the molecule is C[C@@H]1CC[C@@]2(OC1)O[C@H]1C[C@H]3[C@@H]4CC[C@H]5C[C@@H](O[C@@H]6O[C@H](CO)[C@H](O[C@@H]7O[C@H](CO)[C@@H](O)[C@H](O[C@@H]8O[C@H](CO)[C@@H](O)[C@H](O)[C@H]8O)[C@H]7O[C@@H]7O[C@H](CO)[C@@H](O)[C@H](O)[C@H]7O)[C@H](O)[C@H]6O)[C@H](O)C[C@]5(C)[C@H]4CC(=O)[C@]3(C)[C@H]1[C@@H]2C. The van der Waals surface area contributed by atoms with E-state index in [1.165, 1.54) is 0 Å². The number of ketones is 1. The van der Waals surface area contributed by atoms with Crippen LogP contribution in [0.15, 0.2) is 0 Å². The molecule has 6 aliphatic heterocycles.